The summed E-state index contributed by atoms with van der Waals surface area (Å²) in [5.74, 6) is -1.66. The molecule has 0 aliphatic carbocycles. The molecule has 0 spiro atoms. The van der Waals surface area contributed by atoms with E-state index in [0.717, 1.165) is 5.56 Å². The van der Waals surface area contributed by atoms with Crippen molar-refractivity contribution < 1.29 is 9.59 Å². The van der Waals surface area contributed by atoms with Crippen molar-refractivity contribution in [2.24, 2.45) is 5.73 Å². The van der Waals surface area contributed by atoms with E-state index < -0.39 is 11.8 Å². The number of carbonyl (C=O) groups excluding carboxylic acids is 2. The standard InChI is InChI=1S/C10H12N2O2/c1-7-3-5-8(6-4-7)12(2)10(14)9(11)13/h3-6H,1-2H3,(H2,11,13). The highest BCUT2D eigenvalue weighted by atomic mass is 16.2. The van der Waals surface area contributed by atoms with Crippen molar-refractivity contribution in [1.29, 1.82) is 0 Å². The molecule has 0 atom stereocenters. The van der Waals surface area contributed by atoms with Crippen LogP contribution in [0.15, 0.2) is 24.3 Å². The maximum absolute atomic E-state index is 11.2. The van der Waals surface area contributed by atoms with Gasteiger partial charge in [-0.3, -0.25) is 9.59 Å². The van der Waals surface area contributed by atoms with Gasteiger partial charge < -0.3 is 10.6 Å². The van der Waals surface area contributed by atoms with E-state index in [-0.39, 0.29) is 0 Å². The lowest BCUT2D eigenvalue weighted by molar-refractivity contribution is -0.135. The first-order valence-electron chi connectivity index (χ1n) is 4.16. The number of likely N-dealkylation sites (N-methyl/N-ethyl adjacent to an activating group) is 1. The predicted molar refractivity (Wildman–Crippen MR) is 53.8 cm³/mol. The van der Waals surface area contributed by atoms with Crippen LogP contribution in [0.2, 0.25) is 0 Å². The van der Waals surface area contributed by atoms with Gasteiger partial charge >= 0.3 is 11.8 Å². The SMILES string of the molecule is Cc1ccc(N(C)C(=O)C(N)=O)cc1. The van der Waals surface area contributed by atoms with Gasteiger partial charge in [-0.2, -0.15) is 0 Å². The molecule has 0 saturated heterocycles. The van der Waals surface area contributed by atoms with E-state index in [2.05, 4.69) is 0 Å². The summed E-state index contributed by atoms with van der Waals surface area (Å²) in [7, 11) is 1.51. The Hall–Kier alpha value is -1.84. The van der Waals surface area contributed by atoms with Gasteiger partial charge in [-0.1, -0.05) is 17.7 Å². The molecular weight excluding hydrogens is 180 g/mol. The van der Waals surface area contributed by atoms with Crippen molar-refractivity contribution in [3.63, 3.8) is 0 Å². The van der Waals surface area contributed by atoms with Crippen LogP contribution in [-0.2, 0) is 9.59 Å². The van der Waals surface area contributed by atoms with E-state index in [1.165, 1.54) is 11.9 Å². The lowest BCUT2D eigenvalue weighted by Crippen LogP contribution is -2.37. The molecule has 0 fully saturated rings. The maximum Gasteiger partial charge on any atom is 0.315 e. The number of nitrogens with zero attached hydrogens (tertiary/aromatic N) is 1. The molecule has 1 aromatic carbocycles. The number of carbonyl (C=O) groups is 2. The summed E-state index contributed by atoms with van der Waals surface area (Å²) in [5, 5.41) is 0. The number of benzene rings is 1. The van der Waals surface area contributed by atoms with E-state index in [1.54, 1.807) is 12.1 Å². The second-order valence-corrected chi connectivity index (χ2v) is 3.06. The van der Waals surface area contributed by atoms with Crippen LogP contribution in [0.3, 0.4) is 0 Å². The predicted octanol–water partition coefficient (Wildman–Crippen LogP) is 0.443. The number of aryl methyl sites for hydroxylation is 1. The maximum atomic E-state index is 11.2. The third-order valence-electron chi connectivity index (χ3n) is 1.94. The monoisotopic (exact) mass is 192 g/mol. The normalized spacial score (nSPS) is 9.57. The molecule has 4 heteroatoms. The van der Waals surface area contributed by atoms with Crippen molar-refractivity contribution in [2.45, 2.75) is 6.92 Å². The first kappa shape index (κ1) is 10.2. The molecule has 0 aromatic heterocycles. The zero-order valence-corrected chi connectivity index (χ0v) is 8.15. The lowest BCUT2D eigenvalue weighted by atomic mass is 10.2. The fourth-order valence-corrected chi connectivity index (χ4v) is 1.05. The van der Waals surface area contributed by atoms with Crippen LogP contribution in [-0.4, -0.2) is 18.9 Å². The van der Waals surface area contributed by atoms with Gasteiger partial charge in [0.1, 0.15) is 0 Å². The molecule has 0 aliphatic rings. The molecule has 4 nitrogen and oxygen atoms in total. The zero-order valence-electron chi connectivity index (χ0n) is 8.15. The van der Waals surface area contributed by atoms with Gasteiger partial charge in [-0.05, 0) is 19.1 Å². The molecule has 1 rings (SSSR count). The summed E-state index contributed by atoms with van der Waals surface area (Å²) in [4.78, 5) is 23.0. The highest BCUT2D eigenvalue weighted by molar-refractivity contribution is 6.39. The van der Waals surface area contributed by atoms with E-state index in [4.69, 9.17) is 5.73 Å². The summed E-state index contributed by atoms with van der Waals surface area (Å²) in [6.07, 6.45) is 0. The van der Waals surface area contributed by atoms with Crippen molar-refractivity contribution >= 4 is 17.5 Å². The summed E-state index contributed by atoms with van der Waals surface area (Å²) < 4.78 is 0. The first-order valence-corrected chi connectivity index (χ1v) is 4.16. The Labute approximate surface area is 82.3 Å². The van der Waals surface area contributed by atoms with Crippen LogP contribution in [0.5, 0.6) is 0 Å². The van der Waals surface area contributed by atoms with Crippen LogP contribution in [0.1, 0.15) is 5.56 Å². The van der Waals surface area contributed by atoms with Crippen molar-refractivity contribution in [3.8, 4) is 0 Å². The Morgan fingerprint density at radius 3 is 2.14 bits per heavy atom. The first-order chi connectivity index (χ1) is 6.52. The van der Waals surface area contributed by atoms with Gasteiger partial charge in [-0.25, -0.2) is 0 Å². The van der Waals surface area contributed by atoms with Crippen LogP contribution in [0.25, 0.3) is 0 Å². The smallest absolute Gasteiger partial charge is 0.315 e. The zero-order chi connectivity index (χ0) is 10.7. The Bertz CT molecular complexity index is 357. The fraction of sp³-hybridized carbons (Fsp3) is 0.200. The highest BCUT2D eigenvalue weighted by Gasteiger charge is 2.15. The minimum atomic E-state index is -0.951. The number of hydrogen-bond acceptors (Lipinski definition) is 2. The third-order valence-corrected chi connectivity index (χ3v) is 1.94. The summed E-state index contributed by atoms with van der Waals surface area (Å²) >= 11 is 0. The van der Waals surface area contributed by atoms with Gasteiger partial charge in [0, 0.05) is 12.7 Å². The Kier molecular flexibility index (Phi) is 2.86. The average Bonchev–Trinajstić information content (AvgIpc) is 2.16. The van der Waals surface area contributed by atoms with Crippen LogP contribution >= 0.6 is 0 Å². The molecule has 2 amide bonds. The number of rotatable bonds is 1. The molecule has 0 heterocycles. The molecule has 74 valence electrons. The second-order valence-electron chi connectivity index (χ2n) is 3.06. The van der Waals surface area contributed by atoms with Crippen LogP contribution < -0.4 is 10.6 Å². The van der Waals surface area contributed by atoms with Gasteiger partial charge in [-0.15, -0.1) is 0 Å². The molecule has 0 bridgehead atoms. The third kappa shape index (κ3) is 2.10. The van der Waals surface area contributed by atoms with Crippen molar-refractivity contribution in [1.82, 2.24) is 0 Å². The van der Waals surface area contributed by atoms with E-state index in [9.17, 15) is 9.59 Å². The topological polar surface area (TPSA) is 63.4 Å². The Morgan fingerprint density at radius 2 is 1.71 bits per heavy atom. The minimum absolute atomic E-state index is 0.652. The summed E-state index contributed by atoms with van der Waals surface area (Å²) in [5.41, 5.74) is 6.62. The minimum Gasteiger partial charge on any atom is -0.361 e. The van der Waals surface area contributed by atoms with Gasteiger partial charge in [0.15, 0.2) is 0 Å². The second kappa shape index (κ2) is 3.91. The number of amides is 2. The molecule has 1 aromatic rings. The van der Waals surface area contributed by atoms with Crippen molar-refractivity contribution in [2.75, 3.05) is 11.9 Å². The molecule has 0 unspecified atom stereocenters. The van der Waals surface area contributed by atoms with Crippen LogP contribution in [0.4, 0.5) is 5.69 Å². The number of nitrogens with two attached hydrogens (primary N) is 1. The quantitative estimate of drug-likeness (QED) is 0.656. The fourth-order valence-electron chi connectivity index (χ4n) is 1.05. The largest absolute Gasteiger partial charge is 0.361 e. The van der Waals surface area contributed by atoms with Crippen LogP contribution in [0, 0.1) is 6.92 Å². The molecule has 14 heavy (non-hydrogen) atoms. The van der Waals surface area contributed by atoms with Crippen molar-refractivity contribution in [3.05, 3.63) is 29.8 Å². The molecule has 0 aliphatic heterocycles. The van der Waals surface area contributed by atoms with Gasteiger partial charge in [0.2, 0.25) is 0 Å². The Balaban J connectivity index is 2.89. The van der Waals surface area contributed by atoms with Gasteiger partial charge in [0.05, 0.1) is 0 Å². The number of hydrogen-bond donors (Lipinski definition) is 1. The molecule has 0 radical (unpaired) electrons. The van der Waals surface area contributed by atoms with E-state index in [1.807, 2.05) is 19.1 Å². The molecule has 2 N–H and O–H groups in total. The molecule has 0 saturated carbocycles. The number of anilines is 1. The van der Waals surface area contributed by atoms with E-state index >= 15 is 0 Å². The summed E-state index contributed by atoms with van der Waals surface area (Å²) in [6.45, 7) is 1.94. The Morgan fingerprint density at radius 1 is 1.21 bits per heavy atom. The lowest BCUT2D eigenvalue weighted by Gasteiger charge is -2.14. The molecular formula is C10H12N2O2. The number of primary amides is 1. The highest BCUT2D eigenvalue weighted by Crippen LogP contribution is 2.12. The summed E-state index contributed by atoms with van der Waals surface area (Å²) in [6, 6.07) is 7.24. The van der Waals surface area contributed by atoms with E-state index in [0.29, 0.717) is 5.69 Å². The average molecular weight is 192 g/mol. The van der Waals surface area contributed by atoms with Gasteiger partial charge in [0.25, 0.3) is 0 Å².